The van der Waals surface area contributed by atoms with Crippen LogP contribution in [0.3, 0.4) is 0 Å². The number of aliphatic carboxylic acids is 1. The van der Waals surface area contributed by atoms with E-state index < -0.39 is 23.5 Å². The first-order valence-corrected chi connectivity index (χ1v) is 14.5. The summed E-state index contributed by atoms with van der Waals surface area (Å²) in [6.07, 6.45) is 3.92. The lowest BCUT2D eigenvalue weighted by atomic mass is 9.82. The van der Waals surface area contributed by atoms with Crippen molar-refractivity contribution < 1.29 is 28.2 Å². The monoisotopic (exact) mass is 564 g/mol. The zero-order valence-electron chi connectivity index (χ0n) is 24.1. The molecule has 41 heavy (non-hydrogen) atoms. The summed E-state index contributed by atoms with van der Waals surface area (Å²) in [6, 6.07) is 11.1. The maximum Gasteiger partial charge on any atom is 0.306 e. The van der Waals surface area contributed by atoms with Gasteiger partial charge in [0.15, 0.2) is 11.6 Å². The Labute approximate surface area is 240 Å². The number of methoxy groups -OCH3 is 1. The predicted molar refractivity (Wildman–Crippen MR) is 153 cm³/mol. The van der Waals surface area contributed by atoms with E-state index in [1.807, 2.05) is 24.3 Å². The third-order valence-corrected chi connectivity index (χ3v) is 8.68. The summed E-state index contributed by atoms with van der Waals surface area (Å²) >= 11 is 0. The summed E-state index contributed by atoms with van der Waals surface area (Å²) in [5, 5.41) is 9.69. The van der Waals surface area contributed by atoms with Crippen LogP contribution in [0.5, 0.6) is 11.6 Å². The SMILES string of the molecule is CCN(CC)Cc1cc(C2CCc3ccc(C(C4CC4)[C@H](C)C(=O)O)c(F)c3O2)ccc1-c1cc(OC)ncc1F. The number of pyridine rings is 1. The molecule has 8 heteroatoms. The summed E-state index contributed by atoms with van der Waals surface area (Å²) < 4.78 is 42.7. The van der Waals surface area contributed by atoms with Crippen molar-refractivity contribution >= 4 is 5.97 Å². The number of rotatable bonds is 11. The highest BCUT2D eigenvalue weighted by Gasteiger charge is 2.41. The van der Waals surface area contributed by atoms with Gasteiger partial charge in [-0.2, -0.15) is 0 Å². The standard InChI is InChI=1S/C33H38F2N2O4/c1-5-37(6-2)18-23-15-22(10-12-24(23)26-16-29(40-4)36-17-27(26)34)28-14-11-21-9-13-25(31(35)32(21)41-28)30(20-7-8-20)19(3)33(38)39/h9-10,12-13,15-17,19-20,28,30H,5-8,11,14,18H2,1-4H3,(H,38,39)/t19-,28?,30?/m0/s1. The molecule has 1 N–H and O–H groups in total. The molecule has 0 radical (unpaired) electrons. The van der Waals surface area contributed by atoms with Crippen LogP contribution in [0.2, 0.25) is 0 Å². The van der Waals surface area contributed by atoms with Crippen LogP contribution in [0.1, 0.15) is 74.3 Å². The molecular weight excluding hydrogens is 526 g/mol. The average molecular weight is 565 g/mol. The van der Waals surface area contributed by atoms with Gasteiger partial charge in [-0.15, -0.1) is 0 Å². The topological polar surface area (TPSA) is 71.9 Å². The molecule has 0 bridgehead atoms. The predicted octanol–water partition coefficient (Wildman–Crippen LogP) is 7.16. The van der Waals surface area contributed by atoms with Crippen molar-refractivity contribution in [3.05, 3.63) is 76.5 Å². The van der Waals surface area contributed by atoms with Crippen molar-refractivity contribution in [2.45, 2.75) is 65.0 Å². The Hall–Kier alpha value is -3.52. The highest BCUT2D eigenvalue weighted by molar-refractivity contribution is 5.71. The molecule has 2 unspecified atom stereocenters. The Morgan fingerprint density at radius 3 is 2.54 bits per heavy atom. The molecule has 1 aliphatic carbocycles. The van der Waals surface area contributed by atoms with E-state index in [4.69, 9.17) is 9.47 Å². The summed E-state index contributed by atoms with van der Waals surface area (Å²) in [4.78, 5) is 18.1. The first-order valence-electron chi connectivity index (χ1n) is 14.5. The second-order valence-corrected chi connectivity index (χ2v) is 11.2. The van der Waals surface area contributed by atoms with Crippen LogP contribution in [0.15, 0.2) is 42.6 Å². The van der Waals surface area contributed by atoms with Gasteiger partial charge in [-0.3, -0.25) is 9.69 Å². The van der Waals surface area contributed by atoms with Gasteiger partial charge in [-0.05, 0) is 72.5 Å². The highest BCUT2D eigenvalue weighted by Crippen LogP contribution is 2.49. The Bertz CT molecular complexity index is 1420. The molecule has 3 atom stereocenters. The molecule has 3 aromatic rings. The van der Waals surface area contributed by atoms with Gasteiger partial charge in [0.1, 0.15) is 11.9 Å². The minimum Gasteiger partial charge on any atom is -0.482 e. The highest BCUT2D eigenvalue weighted by atomic mass is 19.1. The molecule has 1 aromatic heterocycles. The van der Waals surface area contributed by atoms with Gasteiger partial charge >= 0.3 is 5.97 Å². The van der Waals surface area contributed by atoms with Crippen molar-refractivity contribution in [3.63, 3.8) is 0 Å². The Morgan fingerprint density at radius 1 is 1.12 bits per heavy atom. The molecule has 2 aromatic carbocycles. The lowest BCUT2D eigenvalue weighted by Gasteiger charge is -2.30. The molecule has 6 nitrogen and oxygen atoms in total. The molecule has 5 rings (SSSR count). The maximum atomic E-state index is 16.1. The second kappa shape index (κ2) is 12.1. The smallest absolute Gasteiger partial charge is 0.306 e. The molecule has 2 aliphatic rings. The van der Waals surface area contributed by atoms with Crippen LogP contribution in [-0.2, 0) is 17.8 Å². The number of carboxylic acids is 1. The van der Waals surface area contributed by atoms with Gasteiger partial charge in [-0.25, -0.2) is 13.8 Å². The van der Waals surface area contributed by atoms with Crippen LogP contribution in [0.25, 0.3) is 11.1 Å². The number of carbonyl (C=O) groups is 1. The minimum atomic E-state index is -0.915. The van der Waals surface area contributed by atoms with E-state index in [1.165, 1.54) is 13.3 Å². The summed E-state index contributed by atoms with van der Waals surface area (Å²) in [5.74, 6) is -2.12. The number of nitrogens with zero attached hydrogens (tertiary/aromatic N) is 2. The quantitative estimate of drug-likeness (QED) is 0.267. The first-order chi connectivity index (χ1) is 19.7. The third kappa shape index (κ3) is 5.94. The Morgan fingerprint density at radius 2 is 1.88 bits per heavy atom. The molecule has 2 heterocycles. The molecule has 0 spiro atoms. The molecule has 218 valence electrons. The average Bonchev–Trinajstić information content (AvgIpc) is 3.82. The molecule has 0 amide bonds. The fourth-order valence-electron chi connectivity index (χ4n) is 6.09. The van der Waals surface area contributed by atoms with Crippen molar-refractivity contribution in [1.29, 1.82) is 0 Å². The van der Waals surface area contributed by atoms with Crippen LogP contribution >= 0.6 is 0 Å². The number of carboxylic acid groups (broad SMARTS) is 1. The summed E-state index contributed by atoms with van der Waals surface area (Å²) in [6.45, 7) is 8.11. The normalized spacial score (nSPS) is 18.0. The van der Waals surface area contributed by atoms with Crippen LogP contribution in [-0.4, -0.2) is 41.2 Å². The van der Waals surface area contributed by atoms with Crippen LogP contribution < -0.4 is 9.47 Å². The lowest BCUT2D eigenvalue weighted by molar-refractivity contribution is -0.142. The lowest BCUT2D eigenvalue weighted by Crippen LogP contribution is -2.24. The van der Waals surface area contributed by atoms with E-state index in [1.54, 1.807) is 19.1 Å². The van der Waals surface area contributed by atoms with Gasteiger partial charge < -0.3 is 14.6 Å². The van der Waals surface area contributed by atoms with Gasteiger partial charge in [0.25, 0.3) is 0 Å². The van der Waals surface area contributed by atoms with Gasteiger partial charge in [-0.1, -0.05) is 51.1 Å². The minimum absolute atomic E-state index is 0.176. The van der Waals surface area contributed by atoms with E-state index in [-0.39, 0.29) is 23.7 Å². The number of aryl methyl sites for hydroxylation is 1. The van der Waals surface area contributed by atoms with Gasteiger partial charge in [0, 0.05) is 24.1 Å². The van der Waals surface area contributed by atoms with E-state index >= 15 is 4.39 Å². The van der Waals surface area contributed by atoms with Crippen molar-refractivity contribution in [2.24, 2.45) is 11.8 Å². The molecule has 0 saturated heterocycles. The van der Waals surface area contributed by atoms with Crippen molar-refractivity contribution in [1.82, 2.24) is 9.88 Å². The molecule has 1 saturated carbocycles. The Balaban J connectivity index is 1.51. The fraction of sp³-hybridized carbons (Fsp3) is 0.455. The van der Waals surface area contributed by atoms with Crippen molar-refractivity contribution in [2.75, 3.05) is 20.2 Å². The summed E-state index contributed by atoms with van der Waals surface area (Å²) in [5.41, 5.74) is 4.22. The van der Waals surface area contributed by atoms with E-state index in [2.05, 4.69) is 23.7 Å². The first kappa shape index (κ1) is 29.0. The number of hydrogen-bond donors (Lipinski definition) is 1. The molecular formula is C33H38F2N2O4. The number of ether oxygens (including phenoxy) is 2. The fourth-order valence-corrected chi connectivity index (χ4v) is 6.09. The largest absolute Gasteiger partial charge is 0.482 e. The van der Waals surface area contributed by atoms with Crippen LogP contribution in [0.4, 0.5) is 8.78 Å². The number of fused-ring (bicyclic) bond motifs is 1. The van der Waals surface area contributed by atoms with E-state index in [0.29, 0.717) is 36.4 Å². The molecule has 1 fully saturated rings. The van der Waals surface area contributed by atoms with Crippen molar-refractivity contribution in [3.8, 4) is 22.8 Å². The second-order valence-electron chi connectivity index (χ2n) is 11.2. The maximum absolute atomic E-state index is 16.1. The van der Waals surface area contributed by atoms with Gasteiger partial charge in [0.2, 0.25) is 5.88 Å². The van der Waals surface area contributed by atoms with Crippen LogP contribution in [0, 0.1) is 23.5 Å². The zero-order valence-corrected chi connectivity index (χ0v) is 24.1. The van der Waals surface area contributed by atoms with E-state index in [9.17, 15) is 14.3 Å². The zero-order chi connectivity index (χ0) is 29.3. The third-order valence-electron chi connectivity index (χ3n) is 8.68. The number of benzene rings is 2. The number of hydrogen-bond acceptors (Lipinski definition) is 5. The van der Waals surface area contributed by atoms with Gasteiger partial charge in [0.05, 0.1) is 19.2 Å². The summed E-state index contributed by atoms with van der Waals surface area (Å²) in [7, 11) is 1.50. The van der Waals surface area contributed by atoms with E-state index in [0.717, 1.165) is 48.2 Å². The Kier molecular flexibility index (Phi) is 8.59. The number of aromatic nitrogens is 1. The number of halogens is 2. The molecule has 1 aliphatic heterocycles.